The van der Waals surface area contributed by atoms with Gasteiger partial charge in [-0.3, -0.25) is 4.79 Å². The zero-order chi connectivity index (χ0) is 16.5. The predicted molar refractivity (Wildman–Crippen MR) is 83.4 cm³/mol. The van der Waals surface area contributed by atoms with Crippen molar-refractivity contribution in [1.29, 1.82) is 0 Å². The molecule has 1 aromatic rings. The lowest BCUT2D eigenvalue weighted by Gasteiger charge is -2.25. The number of hydrogen-bond donors (Lipinski definition) is 1. The molecule has 1 aromatic carbocycles. The van der Waals surface area contributed by atoms with E-state index in [9.17, 15) is 9.59 Å². The van der Waals surface area contributed by atoms with Gasteiger partial charge in [-0.2, -0.15) is 0 Å². The largest absolute Gasteiger partial charge is 0.488 e. The number of halogens is 1. The van der Waals surface area contributed by atoms with Crippen LogP contribution in [0.4, 0.5) is 0 Å². The Labute approximate surface area is 134 Å². The Balaban J connectivity index is 2.13. The monoisotopic (exact) mass is 325 g/mol. The van der Waals surface area contributed by atoms with E-state index in [0.29, 0.717) is 18.0 Å². The van der Waals surface area contributed by atoms with E-state index >= 15 is 0 Å². The molecule has 1 amide bonds. The smallest absolute Gasteiger partial charge is 0.394 e. The van der Waals surface area contributed by atoms with E-state index < -0.39 is 11.9 Å². The van der Waals surface area contributed by atoms with Crippen LogP contribution in [0.2, 0.25) is 5.02 Å². The van der Waals surface area contributed by atoms with E-state index in [1.54, 1.807) is 6.07 Å². The zero-order valence-corrected chi connectivity index (χ0v) is 13.7. The van der Waals surface area contributed by atoms with Crippen LogP contribution in [0.5, 0.6) is 5.75 Å². The van der Waals surface area contributed by atoms with Crippen LogP contribution in [0.15, 0.2) is 18.2 Å². The van der Waals surface area contributed by atoms with Gasteiger partial charge in [-0.1, -0.05) is 32.4 Å². The van der Waals surface area contributed by atoms with Gasteiger partial charge in [0, 0.05) is 23.6 Å². The maximum atomic E-state index is 11.5. The predicted octanol–water partition coefficient (Wildman–Crippen LogP) is 2.70. The molecule has 6 heteroatoms. The average Bonchev–Trinajstić information content (AvgIpc) is 2.87. The topological polar surface area (TPSA) is 66.8 Å². The number of nitrogens with zero attached hydrogens (tertiary/aromatic N) is 1. The molecular weight excluding hydrogens is 306 g/mol. The van der Waals surface area contributed by atoms with Crippen molar-refractivity contribution < 1.29 is 19.4 Å². The number of carboxylic acids is 1. The van der Waals surface area contributed by atoms with Crippen LogP contribution < -0.4 is 4.74 Å². The summed E-state index contributed by atoms with van der Waals surface area (Å²) >= 11 is 6.07. The molecule has 2 rings (SSSR count). The number of likely N-dealkylation sites (tertiary alicyclic amines) is 1. The van der Waals surface area contributed by atoms with E-state index in [1.165, 1.54) is 4.90 Å². The van der Waals surface area contributed by atoms with Crippen molar-refractivity contribution in [2.75, 3.05) is 13.1 Å². The highest BCUT2D eigenvalue weighted by Crippen LogP contribution is 2.34. The third-order valence-corrected chi connectivity index (χ3v) is 3.89. The van der Waals surface area contributed by atoms with E-state index in [0.717, 1.165) is 11.3 Å². The molecular formula is C16H20ClNO4. The number of aliphatic carboxylic acids is 1. The summed E-state index contributed by atoms with van der Waals surface area (Å²) in [6, 6.07) is 5.47. The Morgan fingerprint density at radius 3 is 2.64 bits per heavy atom. The van der Waals surface area contributed by atoms with Gasteiger partial charge in [-0.25, -0.2) is 4.79 Å². The number of benzene rings is 1. The normalized spacial score (nSPS) is 18.4. The molecule has 1 atom stereocenters. The number of rotatable bonds is 2. The molecule has 1 N–H and O–H groups in total. The first-order chi connectivity index (χ1) is 10.2. The molecule has 1 unspecified atom stereocenters. The van der Waals surface area contributed by atoms with Gasteiger partial charge in [0.1, 0.15) is 11.9 Å². The van der Waals surface area contributed by atoms with Gasteiger partial charge in [0.05, 0.1) is 6.54 Å². The van der Waals surface area contributed by atoms with Crippen LogP contribution in [-0.2, 0) is 15.0 Å². The second-order valence-corrected chi connectivity index (χ2v) is 6.91. The number of hydrogen-bond acceptors (Lipinski definition) is 3. The number of carbonyl (C=O) groups is 2. The van der Waals surface area contributed by atoms with Crippen LogP contribution in [0, 0.1) is 0 Å². The number of carbonyl (C=O) groups excluding carboxylic acids is 1. The average molecular weight is 326 g/mol. The van der Waals surface area contributed by atoms with Crippen molar-refractivity contribution in [3.05, 3.63) is 28.8 Å². The van der Waals surface area contributed by atoms with Crippen molar-refractivity contribution >= 4 is 23.5 Å². The molecule has 1 aliphatic heterocycles. The highest BCUT2D eigenvalue weighted by molar-refractivity contribution is 6.31. The van der Waals surface area contributed by atoms with Gasteiger partial charge in [0.25, 0.3) is 0 Å². The summed E-state index contributed by atoms with van der Waals surface area (Å²) in [5.41, 5.74) is 0.859. The van der Waals surface area contributed by atoms with Gasteiger partial charge >= 0.3 is 11.9 Å². The minimum absolute atomic E-state index is 0.130. The summed E-state index contributed by atoms with van der Waals surface area (Å²) < 4.78 is 6.00. The Bertz CT molecular complexity index is 594. The summed E-state index contributed by atoms with van der Waals surface area (Å²) in [6.45, 7) is 6.90. The van der Waals surface area contributed by atoms with Gasteiger partial charge in [-0.05, 0) is 23.6 Å². The van der Waals surface area contributed by atoms with Crippen LogP contribution in [0.25, 0.3) is 0 Å². The lowest BCUT2D eigenvalue weighted by atomic mass is 9.86. The second-order valence-electron chi connectivity index (χ2n) is 6.48. The second kappa shape index (κ2) is 6.16. The van der Waals surface area contributed by atoms with Crippen molar-refractivity contribution in [2.24, 2.45) is 0 Å². The molecule has 1 aliphatic rings. The quantitative estimate of drug-likeness (QED) is 0.849. The van der Waals surface area contributed by atoms with Crippen molar-refractivity contribution in [3.8, 4) is 5.75 Å². The van der Waals surface area contributed by atoms with Crippen molar-refractivity contribution in [3.63, 3.8) is 0 Å². The molecule has 120 valence electrons. The summed E-state index contributed by atoms with van der Waals surface area (Å²) in [5, 5.41) is 9.40. The number of amides is 1. The highest BCUT2D eigenvalue weighted by atomic mass is 35.5. The minimum Gasteiger partial charge on any atom is -0.488 e. The molecule has 0 bridgehead atoms. The Hall–Kier alpha value is -1.75. The first-order valence-electron chi connectivity index (χ1n) is 7.17. The molecule has 0 radical (unpaired) electrons. The molecule has 0 aliphatic carbocycles. The zero-order valence-electron chi connectivity index (χ0n) is 12.9. The SMILES string of the molecule is CC(C)(C)c1cc(Cl)ccc1OC1CCN(C(=O)C(=O)O)C1. The Morgan fingerprint density at radius 1 is 1.36 bits per heavy atom. The molecule has 1 heterocycles. The van der Waals surface area contributed by atoms with E-state index in [-0.39, 0.29) is 18.1 Å². The lowest BCUT2D eigenvalue weighted by molar-refractivity contribution is -0.155. The van der Waals surface area contributed by atoms with Crippen molar-refractivity contribution in [2.45, 2.75) is 38.7 Å². The molecule has 1 saturated heterocycles. The molecule has 0 spiro atoms. The van der Waals surface area contributed by atoms with Crippen LogP contribution >= 0.6 is 11.6 Å². The van der Waals surface area contributed by atoms with Gasteiger partial charge in [0.15, 0.2) is 0 Å². The van der Waals surface area contributed by atoms with Crippen LogP contribution in [0.3, 0.4) is 0 Å². The Morgan fingerprint density at radius 2 is 2.05 bits per heavy atom. The third-order valence-electron chi connectivity index (χ3n) is 3.66. The standard InChI is InChI=1S/C16H20ClNO4/c1-16(2,3)12-8-10(17)4-5-13(12)22-11-6-7-18(9-11)14(19)15(20)21/h4-5,8,11H,6-7,9H2,1-3H3,(H,20,21). The lowest BCUT2D eigenvalue weighted by Crippen LogP contribution is -2.36. The maximum Gasteiger partial charge on any atom is 0.394 e. The first-order valence-corrected chi connectivity index (χ1v) is 7.55. The molecule has 1 fully saturated rings. The van der Waals surface area contributed by atoms with E-state index in [4.69, 9.17) is 21.4 Å². The first kappa shape index (κ1) is 16.6. The van der Waals surface area contributed by atoms with Gasteiger partial charge in [0.2, 0.25) is 0 Å². The van der Waals surface area contributed by atoms with Gasteiger partial charge in [-0.15, -0.1) is 0 Å². The molecule has 0 saturated carbocycles. The summed E-state index contributed by atoms with van der Waals surface area (Å²) in [4.78, 5) is 23.5. The highest BCUT2D eigenvalue weighted by Gasteiger charge is 2.32. The summed E-state index contributed by atoms with van der Waals surface area (Å²) in [7, 11) is 0. The maximum absolute atomic E-state index is 11.5. The summed E-state index contributed by atoms with van der Waals surface area (Å²) in [5.74, 6) is -1.58. The van der Waals surface area contributed by atoms with E-state index in [2.05, 4.69) is 20.8 Å². The minimum atomic E-state index is -1.43. The van der Waals surface area contributed by atoms with E-state index in [1.807, 2.05) is 12.1 Å². The van der Waals surface area contributed by atoms with Crippen LogP contribution in [0.1, 0.15) is 32.8 Å². The third kappa shape index (κ3) is 3.71. The molecule has 22 heavy (non-hydrogen) atoms. The molecule has 0 aromatic heterocycles. The Kier molecular flexibility index (Phi) is 4.66. The fraction of sp³-hybridized carbons (Fsp3) is 0.500. The number of carboxylic acid groups (broad SMARTS) is 1. The van der Waals surface area contributed by atoms with Gasteiger partial charge < -0.3 is 14.7 Å². The van der Waals surface area contributed by atoms with Crippen LogP contribution in [-0.4, -0.2) is 41.1 Å². The fourth-order valence-corrected chi connectivity index (χ4v) is 2.69. The van der Waals surface area contributed by atoms with Crippen molar-refractivity contribution in [1.82, 2.24) is 4.90 Å². The fourth-order valence-electron chi connectivity index (χ4n) is 2.51. The summed E-state index contributed by atoms with van der Waals surface area (Å²) in [6.07, 6.45) is 0.413. The number of ether oxygens (including phenoxy) is 1. The molecule has 5 nitrogen and oxygen atoms in total.